The van der Waals surface area contributed by atoms with Gasteiger partial charge in [0.2, 0.25) is 0 Å². The number of ether oxygens (including phenoxy) is 5. The lowest BCUT2D eigenvalue weighted by Gasteiger charge is -2.39. The summed E-state index contributed by atoms with van der Waals surface area (Å²) in [4.78, 5) is 11.6. The maximum Gasteiger partial charge on any atom is 0.338 e. The summed E-state index contributed by atoms with van der Waals surface area (Å²) in [5.41, 5.74) is 0. The van der Waals surface area contributed by atoms with Crippen LogP contribution in [-0.4, -0.2) is 65.4 Å². The fourth-order valence-corrected chi connectivity index (χ4v) is 1.87. The van der Waals surface area contributed by atoms with Crippen molar-refractivity contribution in [1.82, 2.24) is 0 Å². The average Bonchev–Trinajstić information content (AvgIpc) is 2.28. The molecular formula is C10H18O6. The van der Waals surface area contributed by atoms with Crippen molar-refractivity contribution in [2.75, 3.05) is 35.0 Å². The normalized spacial score (nSPS) is 34.9. The molecule has 6 heteroatoms. The maximum absolute atomic E-state index is 11.6. The zero-order valence-corrected chi connectivity index (χ0v) is 9.97. The number of rotatable bonds is 5. The van der Waals surface area contributed by atoms with Gasteiger partial charge in [-0.25, -0.2) is 4.79 Å². The molecule has 0 bridgehead atoms. The molecule has 1 aliphatic rings. The van der Waals surface area contributed by atoms with Crippen LogP contribution >= 0.6 is 0 Å². The van der Waals surface area contributed by atoms with E-state index in [1.807, 2.05) is 0 Å². The molecular weight excluding hydrogens is 216 g/mol. The first-order valence-electron chi connectivity index (χ1n) is 4.97. The molecule has 0 aliphatic carbocycles. The second kappa shape index (κ2) is 6.15. The molecule has 94 valence electrons. The van der Waals surface area contributed by atoms with Crippen LogP contribution in [-0.2, 0) is 28.5 Å². The van der Waals surface area contributed by atoms with Gasteiger partial charge in [-0.1, -0.05) is 0 Å². The first-order chi connectivity index (χ1) is 7.69. The minimum Gasteiger partial charge on any atom is -0.455 e. The van der Waals surface area contributed by atoms with Crippen molar-refractivity contribution >= 4 is 5.97 Å². The van der Waals surface area contributed by atoms with E-state index in [2.05, 4.69) is 0 Å². The van der Waals surface area contributed by atoms with Gasteiger partial charge < -0.3 is 23.7 Å². The number of methoxy groups -OCH3 is 4. The molecule has 0 amide bonds. The Morgan fingerprint density at radius 2 is 1.69 bits per heavy atom. The lowest BCUT2D eigenvalue weighted by atomic mass is 9.99. The van der Waals surface area contributed by atoms with Gasteiger partial charge in [0.25, 0.3) is 0 Å². The van der Waals surface area contributed by atoms with E-state index in [1.165, 1.54) is 28.4 Å². The van der Waals surface area contributed by atoms with Gasteiger partial charge in [0, 0.05) is 28.4 Å². The molecule has 0 spiro atoms. The summed E-state index contributed by atoms with van der Waals surface area (Å²) in [5, 5.41) is 0. The van der Waals surface area contributed by atoms with E-state index in [4.69, 9.17) is 23.7 Å². The average molecular weight is 234 g/mol. The van der Waals surface area contributed by atoms with Crippen molar-refractivity contribution in [2.45, 2.75) is 24.4 Å². The van der Waals surface area contributed by atoms with Crippen LogP contribution < -0.4 is 0 Å². The molecule has 1 saturated heterocycles. The van der Waals surface area contributed by atoms with E-state index in [9.17, 15) is 4.79 Å². The Bertz CT molecular complexity index is 231. The smallest absolute Gasteiger partial charge is 0.338 e. The molecule has 3 unspecified atom stereocenters. The monoisotopic (exact) mass is 234 g/mol. The molecule has 0 radical (unpaired) electrons. The molecule has 0 saturated carbocycles. The fourth-order valence-electron chi connectivity index (χ4n) is 1.87. The van der Waals surface area contributed by atoms with Gasteiger partial charge in [-0.2, -0.15) is 0 Å². The van der Waals surface area contributed by atoms with E-state index in [1.54, 1.807) is 0 Å². The summed E-state index contributed by atoms with van der Waals surface area (Å²) in [7, 11) is 6.00. The maximum atomic E-state index is 11.6. The standard InChI is InChI=1S/C10H18O6/c1-12-5-6-7(13-2)8(14-3)9(15-4)10(11)16-6/h6-9H,5H2,1-4H3/t6?,7-,8?,9?/m1/s1. The molecule has 16 heavy (non-hydrogen) atoms. The molecule has 1 fully saturated rings. The highest BCUT2D eigenvalue weighted by Gasteiger charge is 2.47. The third kappa shape index (κ3) is 2.52. The Morgan fingerprint density at radius 3 is 2.12 bits per heavy atom. The van der Waals surface area contributed by atoms with E-state index in [0.717, 1.165) is 0 Å². The van der Waals surface area contributed by atoms with Gasteiger partial charge in [-0.15, -0.1) is 0 Å². The van der Waals surface area contributed by atoms with E-state index < -0.39 is 30.4 Å². The summed E-state index contributed by atoms with van der Waals surface area (Å²) >= 11 is 0. The molecule has 0 aromatic rings. The molecule has 1 aliphatic heterocycles. The quantitative estimate of drug-likeness (QED) is 0.603. The molecule has 1 heterocycles. The zero-order valence-electron chi connectivity index (χ0n) is 9.97. The number of hydrogen-bond donors (Lipinski definition) is 0. The fraction of sp³-hybridized carbons (Fsp3) is 0.900. The number of esters is 1. The van der Waals surface area contributed by atoms with E-state index >= 15 is 0 Å². The van der Waals surface area contributed by atoms with Crippen molar-refractivity contribution in [3.63, 3.8) is 0 Å². The van der Waals surface area contributed by atoms with Crippen LogP contribution in [0.15, 0.2) is 0 Å². The van der Waals surface area contributed by atoms with Gasteiger partial charge in [-0.3, -0.25) is 0 Å². The number of carbonyl (C=O) groups is 1. The van der Waals surface area contributed by atoms with Crippen LogP contribution in [0.25, 0.3) is 0 Å². The van der Waals surface area contributed by atoms with Gasteiger partial charge in [-0.05, 0) is 0 Å². The third-order valence-corrected chi connectivity index (χ3v) is 2.62. The Hall–Kier alpha value is -0.690. The molecule has 0 N–H and O–H groups in total. The first-order valence-corrected chi connectivity index (χ1v) is 4.97. The minimum absolute atomic E-state index is 0.264. The summed E-state index contributed by atoms with van der Waals surface area (Å²) in [5.74, 6) is -0.454. The van der Waals surface area contributed by atoms with Gasteiger partial charge >= 0.3 is 5.97 Å². The first kappa shape index (κ1) is 13.4. The minimum atomic E-state index is -0.761. The van der Waals surface area contributed by atoms with Crippen molar-refractivity contribution in [3.05, 3.63) is 0 Å². The highest BCUT2D eigenvalue weighted by atomic mass is 16.6. The molecule has 6 nitrogen and oxygen atoms in total. The summed E-state index contributed by atoms with van der Waals surface area (Å²) < 4.78 is 25.7. The Kier molecular flexibility index (Phi) is 5.14. The molecule has 1 rings (SSSR count). The van der Waals surface area contributed by atoms with Crippen LogP contribution in [0.2, 0.25) is 0 Å². The second-order valence-electron chi connectivity index (χ2n) is 3.49. The highest BCUT2D eigenvalue weighted by molar-refractivity contribution is 5.76. The molecule has 0 aromatic heterocycles. The van der Waals surface area contributed by atoms with Gasteiger partial charge in [0.1, 0.15) is 12.2 Å². The zero-order chi connectivity index (χ0) is 12.1. The third-order valence-electron chi connectivity index (χ3n) is 2.62. The Balaban J connectivity index is 2.83. The highest BCUT2D eigenvalue weighted by Crippen LogP contribution is 2.23. The predicted molar refractivity (Wildman–Crippen MR) is 54.1 cm³/mol. The van der Waals surface area contributed by atoms with Crippen LogP contribution in [0.4, 0.5) is 0 Å². The lowest BCUT2D eigenvalue weighted by Crippen LogP contribution is -2.58. The van der Waals surface area contributed by atoms with E-state index in [-0.39, 0.29) is 6.61 Å². The van der Waals surface area contributed by atoms with Gasteiger partial charge in [0.15, 0.2) is 12.2 Å². The topological polar surface area (TPSA) is 63.2 Å². The summed E-state index contributed by atoms with van der Waals surface area (Å²) in [6, 6.07) is 0. The van der Waals surface area contributed by atoms with Crippen molar-refractivity contribution in [3.8, 4) is 0 Å². The predicted octanol–water partition coefficient (Wildman–Crippen LogP) is -0.397. The van der Waals surface area contributed by atoms with Crippen LogP contribution in [0, 0.1) is 0 Å². The van der Waals surface area contributed by atoms with Gasteiger partial charge in [0.05, 0.1) is 6.61 Å². The van der Waals surface area contributed by atoms with Crippen molar-refractivity contribution in [1.29, 1.82) is 0 Å². The second-order valence-corrected chi connectivity index (χ2v) is 3.49. The van der Waals surface area contributed by atoms with Crippen molar-refractivity contribution in [2.24, 2.45) is 0 Å². The Labute approximate surface area is 94.7 Å². The number of cyclic esters (lactones) is 1. The number of carbonyl (C=O) groups excluding carboxylic acids is 1. The van der Waals surface area contributed by atoms with E-state index in [0.29, 0.717) is 0 Å². The lowest BCUT2D eigenvalue weighted by molar-refractivity contribution is -0.220. The summed E-state index contributed by atoms with van der Waals surface area (Å²) in [6.07, 6.45) is -2.12. The SMILES string of the molecule is COCC1OC(=O)C(OC)C(OC)[C@@H]1OC. The van der Waals surface area contributed by atoms with Crippen molar-refractivity contribution < 1.29 is 28.5 Å². The largest absolute Gasteiger partial charge is 0.455 e. The van der Waals surface area contributed by atoms with Crippen LogP contribution in [0.5, 0.6) is 0 Å². The number of hydrogen-bond acceptors (Lipinski definition) is 6. The Morgan fingerprint density at radius 1 is 1.06 bits per heavy atom. The summed E-state index contributed by atoms with van der Waals surface area (Å²) in [6.45, 7) is 0.264. The molecule has 4 atom stereocenters. The van der Waals surface area contributed by atoms with Crippen LogP contribution in [0.3, 0.4) is 0 Å². The van der Waals surface area contributed by atoms with Crippen LogP contribution in [0.1, 0.15) is 0 Å². The molecule has 0 aromatic carbocycles.